The van der Waals surface area contributed by atoms with E-state index >= 15 is 0 Å². The van der Waals surface area contributed by atoms with Crippen molar-refractivity contribution >= 4 is 0 Å². The van der Waals surface area contributed by atoms with Gasteiger partial charge in [-0.1, -0.05) is 6.42 Å². The summed E-state index contributed by atoms with van der Waals surface area (Å²) in [6.45, 7) is 2.13. The Hall–Kier alpha value is -1.69. The van der Waals surface area contributed by atoms with E-state index in [-0.39, 0.29) is 6.61 Å². The number of aryl methyl sites for hydroxylation is 2. The summed E-state index contributed by atoms with van der Waals surface area (Å²) in [5.41, 5.74) is 0.817. The standard InChI is InChI=1S/C12H18N4O2/c1-9-11(18-8-13-9)12-15-14-10(16(12)2)6-4-3-5-7-17/h8,17H,3-7H2,1-2H3. The summed E-state index contributed by atoms with van der Waals surface area (Å²) in [7, 11) is 1.93. The molecule has 0 spiro atoms. The van der Waals surface area contributed by atoms with Crippen LogP contribution in [0.2, 0.25) is 0 Å². The summed E-state index contributed by atoms with van der Waals surface area (Å²) < 4.78 is 7.26. The molecule has 2 rings (SSSR count). The van der Waals surface area contributed by atoms with E-state index in [4.69, 9.17) is 9.52 Å². The van der Waals surface area contributed by atoms with Crippen LogP contribution in [0.3, 0.4) is 0 Å². The van der Waals surface area contributed by atoms with Gasteiger partial charge in [-0.15, -0.1) is 10.2 Å². The van der Waals surface area contributed by atoms with E-state index in [1.165, 1.54) is 6.39 Å². The minimum absolute atomic E-state index is 0.251. The zero-order valence-corrected chi connectivity index (χ0v) is 10.8. The molecule has 0 saturated heterocycles. The van der Waals surface area contributed by atoms with Crippen LogP contribution in [0.5, 0.6) is 0 Å². The number of aliphatic hydroxyl groups is 1. The van der Waals surface area contributed by atoms with Crippen molar-refractivity contribution in [1.29, 1.82) is 0 Å². The van der Waals surface area contributed by atoms with Crippen molar-refractivity contribution < 1.29 is 9.52 Å². The number of nitrogens with zero attached hydrogens (tertiary/aromatic N) is 4. The van der Waals surface area contributed by atoms with Crippen LogP contribution in [-0.2, 0) is 13.5 Å². The van der Waals surface area contributed by atoms with E-state index in [9.17, 15) is 0 Å². The Kier molecular flexibility index (Phi) is 4.09. The second-order valence-corrected chi connectivity index (χ2v) is 4.30. The zero-order chi connectivity index (χ0) is 13.0. The Balaban J connectivity index is 2.07. The normalized spacial score (nSPS) is 11.1. The summed E-state index contributed by atoms with van der Waals surface area (Å²) >= 11 is 0. The second-order valence-electron chi connectivity index (χ2n) is 4.30. The first-order valence-electron chi connectivity index (χ1n) is 6.13. The fraction of sp³-hybridized carbons (Fsp3) is 0.583. The average molecular weight is 250 g/mol. The van der Waals surface area contributed by atoms with Crippen molar-refractivity contribution in [2.45, 2.75) is 32.6 Å². The third-order valence-corrected chi connectivity index (χ3v) is 2.97. The van der Waals surface area contributed by atoms with E-state index in [0.29, 0.717) is 11.6 Å². The molecule has 0 saturated carbocycles. The van der Waals surface area contributed by atoms with Gasteiger partial charge >= 0.3 is 0 Å². The maximum atomic E-state index is 8.73. The summed E-state index contributed by atoms with van der Waals surface area (Å²) in [5.74, 6) is 2.31. The lowest BCUT2D eigenvalue weighted by Gasteiger charge is -2.02. The number of aromatic nitrogens is 4. The van der Waals surface area contributed by atoms with Crippen molar-refractivity contribution in [3.05, 3.63) is 17.9 Å². The van der Waals surface area contributed by atoms with Crippen LogP contribution < -0.4 is 0 Å². The zero-order valence-electron chi connectivity index (χ0n) is 10.8. The van der Waals surface area contributed by atoms with Crippen molar-refractivity contribution in [3.8, 4) is 11.6 Å². The van der Waals surface area contributed by atoms with E-state index in [1.807, 2.05) is 18.5 Å². The summed E-state index contributed by atoms with van der Waals surface area (Å²) in [6, 6.07) is 0. The number of rotatable bonds is 6. The van der Waals surface area contributed by atoms with E-state index in [0.717, 1.165) is 37.2 Å². The van der Waals surface area contributed by atoms with Crippen LogP contribution >= 0.6 is 0 Å². The third kappa shape index (κ3) is 2.59. The Morgan fingerprint density at radius 3 is 2.78 bits per heavy atom. The number of aliphatic hydroxyl groups excluding tert-OH is 1. The monoisotopic (exact) mass is 250 g/mol. The molecule has 0 aliphatic carbocycles. The number of hydrogen-bond donors (Lipinski definition) is 1. The lowest BCUT2D eigenvalue weighted by Crippen LogP contribution is -2.00. The first-order valence-corrected chi connectivity index (χ1v) is 6.13. The van der Waals surface area contributed by atoms with Crippen molar-refractivity contribution in [3.63, 3.8) is 0 Å². The summed E-state index contributed by atoms with van der Waals surface area (Å²) in [6.07, 6.45) is 5.12. The predicted octanol–water partition coefficient (Wildman–Crippen LogP) is 1.48. The lowest BCUT2D eigenvalue weighted by atomic mass is 10.2. The molecule has 0 aliphatic heterocycles. The molecule has 6 nitrogen and oxygen atoms in total. The molecule has 2 heterocycles. The van der Waals surface area contributed by atoms with E-state index in [1.54, 1.807) is 0 Å². The highest BCUT2D eigenvalue weighted by Crippen LogP contribution is 2.20. The van der Waals surface area contributed by atoms with Gasteiger partial charge in [-0.2, -0.15) is 0 Å². The molecule has 6 heteroatoms. The van der Waals surface area contributed by atoms with Crippen LogP contribution in [0.1, 0.15) is 30.8 Å². The molecule has 18 heavy (non-hydrogen) atoms. The van der Waals surface area contributed by atoms with Crippen molar-refractivity contribution in [2.24, 2.45) is 7.05 Å². The molecule has 0 aromatic carbocycles. The smallest absolute Gasteiger partial charge is 0.201 e. The fourth-order valence-corrected chi connectivity index (χ4v) is 1.87. The first-order chi connectivity index (χ1) is 8.74. The quantitative estimate of drug-likeness (QED) is 0.786. The van der Waals surface area contributed by atoms with Crippen LogP contribution in [0.15, 0.2) is 10.8 Å². The minimum atomic E-state index is 0.251. The van der Waals surface area contributed by atoms with Gasteiger partial charge in [0, 0.05) is 20.1 Å². The molecule has 0 unspecified atom stereocenters. The van der Waals surface area contributed by atoms with E-state index < -0.39 is 0 Å². The number of unbranched alkanes of at least 4 members (excludes halogenated alkanes) is 2. The summed E-state index contributed by atoms with van der Waals surface area (Å²) in [5, 5.41) is 17.0. The van der Waals surface area contributed by atoms with Gasteiger partial charge in [0.1, 0.15) is 5.82 Å². The van der Waals surface area contributed by atoms with Gasteiger partial charge in [0.15, 0.2) is 12.2 Å². The van der Waals surface area contributed by atoms with E-state index in [2.05, 4.69) is 15.2 Å². The summed E-state index contributed by atoms with van der Waals surface area (Å²) in [4.78, 5) is 4.05. The largest absolute Gasteiger partial charge is 0.440 e. The Morgan fingerprint density at radius 1 is 1.28 bits per heavy atom. The molecule has 98 valence electrons. The maximum absolute atomic E-state index is 8.73. The van der Waals surface area contributed by atoms with Gasteiger partial charge in [0.05, 0.1) is 5.69 Å². The lowest BCUT2D eigenvalue weighted by molar-refractivity contribution is 0.283. The van der Waals surface area contributed by atoms with Gasteiger partial charge in [-0.25, -0.2) is 4.98 Å². The molecule has 2 aromatic heterocycles. The molecule has 2 aromatic rings. The fourth-order valence-electron chi connectivity index (χ4n) is 1.87. The molecule has 0 radical (unpaired) electrons. The van der Waals surface area contributed by atoms with Gasteiger partial charge in [-0.05, 0) is 19.8 Å². The molecule has 0 amide bonds. The van der Waals surface area contributed by atoms with Crippen molar-refractivity contribution in [1.82, 2.24) is 19.7 Å². The highest BCUT2D eigenvalue weighted by Gasteiger charge is 2.15. The molecule has 0 aliphatic rings. The highest BCUT2D eigenvalue weighted by atomic mass is 16.3. The molecule has 0 fully saturated rings. The highest BCUT2D eigenvalue weighted by molar-refractivity contribution is 5.49. The first kappa shape index (κ1) is 12.8. The minimum Gasteiger partial charge on any atom is -0.440 e. The SMILES string of the molecule is Cc1ncoc1-c1nnc(CCCCCO)n1C. The molecule has 0 atom stereocenters. The van der Waals surface area contributed by atoms with Crippen molar-refractivity contribution in [2.75, 3.05) is 6.61 Å². The van der Waals surface area contributed by atoms with Gasteiger partial charge in [-0.3, -0.25) is 0 Å². The Bertz CT molecular complexity index is 504. The second kappa shape index (κ2) is 5.77. The topological polar surface area (TPSA) is 77.0 Å². The number of oxazole rings is 1. The predicted molar refractivity (Wildman–Crippen MR) is 65.9 cm³/mol. The number of hydrogen-bond acceptors (Lipinski definition) is 5. The van der Waals surface area contributed by atoms with Gasteiger partial charge in [0.25, 0.3) is 0 Å². The third-order valence-electron chi connectivity index (χ3n) is 2.97. The van der Waals surface area contributed by atoms with Crippen LogP contribution in [0, 0.1) is 6.92 Å². The molecular weight excluding hydrogens is 232 g/mol. The molecule has 1 N–H and O–H groups in total. The van der Waals surface area contributed by atoms with Crippen LogP contribution in [0.25, 0.3) is 11.6 Å². The van der Waals surface area contributed by atoms with Crippen LogP contribution in [0.4, 0.5) is 0 Å². The Labute approximate surface area is 106 Å². The molecule has 0 bridgehead atoms. The Morgan fingerprint density at radius 2 is 2.11 bits per heavy atom. The average Bonchev–Trinajstić information content (AvgIpc) is 2.92. The van der Waals surface area contributed by atoms with Gasteiger partial charge in [0.2, 0.25) is 5.82 Å². The van der Waals surface area contributed by atoms with Crippen LogP contribution in [-0.4, -0.2) is 31.5 Å². The maximum Gasteiger partial charge on any atom is 0.201 e. The molecular formula is C12H18N4O2. The van der Waals surface area contributed by atoms with Gasteiger partial charge < -0.3 is 14.1 Å².